The molecule has 0 saturated carbocycles. The largest absolute Gasteiger partial charge is 0.381 e. The van der Waals surface area contributed by atoms with Crippen molar-refractivity contribution in [2.24, 2.45) is 0 Å². The first-order chi connectivity index (χ1) is 9.15. The minimum absolute atomic E-state index is 0.874. The van der Waals surface area contributed by atoms with Gasteiger partial charge < -0.3 is 10.1 Å². The van der Waals surface area contributed by atoms with E-state index in [1.54, 1.807) is 0 Å². The van der Waals surface area contributed by atoms with Gasteiger partial charge in [0.15, 0.2) is 0 Å². The summed E-state index contributed by atoms with van der Waals surface area (Å²) in [4.78, 5) is 0. The fraction of sp³-hybridized carbons (Fsp3) is 0.647. The van der Waals surface area contributed by atoms with E-state index in [-0.39, 0.29) is 0 Å². The topological polar surface area (TPSA) is 21.3 Å². The van der Waals surface area contributed by atoms with E-state index in [1.807, 2.05) is 0 Å². The van der Waals surface area contributed by atoms with E-state index < -0.39 is 0 Å². The number of hydrogen-bond acceptors (Lipinski definition) is 2. The third-order valence-electron chi connectivity index (χ3n) is 3.55. The highest BCUT2D eigenvalue weighted by atomic mass is 16.5. The van der Waals surface area contributed by atoms with Crippen LogP contribution in [-0.2, 0) is 11.3 Å². The van der Waals surface area contributed by atoms with Crippen molar-refractivity contribution in [3.05, 3.63) is 34.4 Å². The van der Waals surface area contributed by atoms with E-state index in [2.05, 4.69) is 45.1 Å². The average molecular weight is 263 g/mol. The van der Waals surface area contributed by atoms with Crippen LogP contribution in [0.2, 0.25) is 0 Å². The summed E-state index contributed by atoms with van der Waals surface area (Å²) in [7, 11) is 0. The quantitative estimate of drug-likeness (QED) is 0.682. The molecule has 0 aliphatic rings. The molecule has 0 aromatic heterocycles. The maximum absolute atomic E-state index is 5.54. The van der Waals surface area contributed by atoms with Gasteiger partial charge in [0.2, 0.25) is 0 Å². The summed E-state index contributed by atoms with van der Waals surface area (Å²) in [6.45, 7) is 12.5. The second kappa shape index (κ2) is 9.11. The van der Waals surface area contributed by atoms with Crippen molar-refractivity contribution in [2.45, 2.75) is 53.5 Å². The summed E-state index contributed by atoms with van der Waals surface area (Å²) < 4.78 is 5.54. The van der Waals surface area contributed by atoms with E-state index in [0.717, 1.165) is 32.7 Å². The van der Waals surface area contributed by atoms with Crippen molar-refractivity contribution in [2.75, 3.05) is 19.8 Å². The first kappa shape index (κ1) is 16.2. The summed E-state index contributed by atoms with van der Waals surface area (Å²) in [5.41, 5.74) is 5.56. The molecule has 0 aliphatic carbocycles. The van der Waals surface area contributed by atoms with Gasteiger partial charge in [0, 0.05) is 19.8 Å². The molecule has 0 amide bonds. The van der Waals surface area contributed by atoms with E-state index in [0.29, 0.717) is 0 Å². The molecule has 1 aromatic carbocycles. The molecule has 1 rings (SSSR count). The van der Waals surface area contributed by atoms with Crippen LogP contribution in [0, 0.1) is 20.8 Å². The summed E-state index contributed by atoms with van der Waals surface area (Å²) in [6.07, 6.45) is 3.48. The second-order valence-corrected chi connectivity index (χ2v) is 5.36. The van der Waals surface area contributed by atoms with Gasteiger partial charge in [-0.2, -0.15) is 0 Å². The normalized spacial score (nSPS) is 10.9. The highest BCUT2D eigenvalue weighted by Gasteiger charge is 2.01. The average Bonchev–Trinajstić information content (AvgIpc) is 2.38. The monoisotopic (exact) mass is 263 g/mol. The maximum atomic E-state index is 5.54. The van der Waals surface area contributed by atoms with Gasteiger partial charge in [0.05, 0.1) is 0 Å². The van der Waals surface area contributed by atoms with Gasteiger partial charge in [-0.3, -0.25) is 0 Å². The fourth-order valence-electron chi connectivity index (χ4n) is 2.08. The molecule has 2 nitrogen and oxygen atoms in total. The van der Waals surface area contributed by atoms with Crippen molar-refractivity contribution in [1.29, 1.82) is 0 Å². The first-order valence-electron chi connectivity index (χ1n) is 7.50. The molecule has 0 saturated heterocycles. The Morgan fingerprint density at radius 1 is 0.947 bits per heavy atom. The lowest BCUT2D eigenvalue weighted by molar-refractivity contribution is 0.129. The van der Waals surface area contributed by atoms with Gasteiger partial charge in [-0.15, -0.1) is 0 Å². The third-order valence-corrected chi connectivity index (χ3v) is 3.55. The van der Waals surface area contributed by atoms with Crippen molar-refractivity contribution in [3.8, 4) is 0 Å². The van der Waals surface area contributed by atoms with Crippen LogP contribution in [0.5, 0.6) is 0 Å². The predicted molar refractivity (Wildman–Crippen MR) is 82.7 cm³/mol. The van der Waals surface area contributed by atoms with Crippen LogP contribution in [-0.4, -0.2) is 19.8 Å². The Labute approximate surface area is 118 Å². The molecule has 108 valence electrons. The Morgan fingerprint density at radius 2 is 1.63 bits per heavy atom. The number of benzene rings is 1. The van der Waals surface area contributed by atoms with Gasteiger partial charge in [0.1, 0.15) is 0 Å². The molecule has 0 spiro atoms. The standard InChI is InChI=1S/C17H29NO/c1-5-6-9-19-10-7-8-18-13-17-12-15(3)14(2)11-16(17)4/h11-12,18H,5-10,13H2,1-4H3. The number of nitrogens with one attached hydrogen (secondary N) is 1. The molecule has 0 heterocycles. The summed E-state index contributed by atoms with van der Waals surface area (Å²) in [6, 6.07) is 4.58. The van der Waals surface area contributed by atoms with E-state index in [4.69, 9.17) is 4.74 Å². The number of ether oxygens (including phenoxy) is 1. The third kappa shape index (κ3) is 6.22. The maximum Gasteiger partial charge on any atom is 0.0478 e. The van der Waals surface area contributed by atoms with Crippen LogP contribution in [0.4, 0.5) is 0 Å². The summed E-state index contributed by atoms with van der Waals surface area (Å²) in [5, 5.41) is 3.50. The molecule has 1 aromatic rings. The minimum atomic E-state index is 0.874. The van der Waals surface area contributed by atoms with E-state index in [9.17, 15) is 0 Å². The molecule has 0 radical (unpaired) electrons. The molecule has 19 heavy (non-hydrogen) atoms. The number of unbranched alkanes of at least 4 members (excludes halogenated alkanes) is 1. The number of rotatable bonds is 9. The number of hydrogen-bond donors (Lipinski definition) is 1. The zero-order valence-corrected chi connectivity index (χ0v) is 13.0. The SMILES string of the molecule is CCCCOCCCNCc1cc(C)c(C)cc1C. The van der Waals surface area contributed by atoms with Gasteiger partial charge in [0.25, 0.3) is 0 Å². The molecule has 0 fully saturated rings. The molecule has 0 bridgehead atoms. The highest BCUT2D eigenvalue weighted by Crippen LogP contribution is 2.14. The molecular weight excluding hydrogens is 234 g/mol. The number of aryl methyl sites for hydroxylation is 3. The lowest BCUT2D eigenvalue weighted by Gasteiger charge is -2.11. The van der Waals surface area contributed by atoms with Crippen molar-refractivity contribution in [1.82, 2.24) is 5.32 Å². The Kier molecular flexibility index (Phi) is 7.76. The highest BCUT2D eigenvalue weighted by molar-refractivity contribution is 5.36. The van der Waals surface area contributed by atoms with Gasteiger partial charge in [-0.25, -0.2) is 0 Å². The predicted octanol–water partition coefficient (Wildman–Crippen LogP) is 3.91. The van der Waals surface area contributed by atoms with Crippen LogP contribution in [0.15, 0.2) is 12.1 Å². The van der Waals surface area contributed by atoms with E-state index >= 15 is 0 Å². The van der Waals surface area contributed by atoms with Crippen LogP contribution in [0.1, 0.15) is 48.4 Å². The Hall–Kier alpha value is -0.860. The zero-order chi connectivity index (χ0) is 14.1. The smallest absolute Gasteiger partial charge is 0.0478 e. The van der Waals surface area contributed by atoms with Crippen molar-refractivity contribution >= 4 is 0 Å². The van der Waals surface area contributed by atoms with Gasteiger partial charge in [-0.1, -0.05) is 25.5 Å². The van der Waals surface area contributed by atoms with Gasteiger partial charge >= 0.3 is 0 Å². The Balaban J connectivity index is 2.17. The minimum Gasteiger partial charge on any atom is -0.381 e. The molecule has 1 N–H and O–H groups in total. The molecule has 0 unspecified atom stereocenters. The molecule has 2 heteroatoms. The zero-order valence-electron chi connectivity index (χ0n) is 13.0. The molecular formula is C17H29NO. The summed E-state index contributed by atoms with van der Waals surface area (Å²) in [5.74, 6) is 0. The van der Waals surface area contributed by atoms with Crippen molar-refractivity contribution < 1.29 is 4.74 Å². The van der Waals surface area contributed by atoms with Crippen LogP contribution < -0.4 is 5.32 Å². The van der Waals surface area contributed by atoms with E-state index in [1.165, 1.54) is 35.1 Å². The van der Waals surface area contributed by atoms with Crippen LogP contribution >= 0.6 is 0 Å². The molecule has 0 aliphatic heterocycles. The van der Waals surface area contributed by atoms with Crippen molar-refractivity contribution in [3.63, 3.8) is 0 Å². The fourth-order valence-corrected chi connectivity index (χ4v) is 2.08. The lowest BCUT2D eigenvalue weighted by atomic mass is 10.0. The van der Waals surface area contributed by atoms with Crippen LogP contribution in [0.3, 0.4) is 0 Å². The lowest BCUT2D eigenvalue weighted by Crippen LogP contribution is -2.17. The molecule has 0 atom stereocenters. The second-order valence-electron chi connectivity index (χ2n) is 5.36. The summed E-state index contributed by atoms with van der Waals surface area (Å²) >= 11 is 0. The first-order valence-corrected chi connectivity index (χ1v) is 7.50. The Bertz CT molecular complexity index is 374. The Morgan fingerprint density at radius 3 is 2.37 bits per heavy atom. The van der Waals surface area contributed by atoms with Gasteiger partial charge in [-0.05, 0) is 62.4 Å². The van der Waals surface area contributed by atoms with Crippen LogP contribution in [0.25, 0.3) is 0 Å².